The Balaban J connectivity index is 1.41. The highest BCUT2D eigenvalue weighted by Crippen LogP contribution is 2.52. The number of anilines is 1. The Morgan fingerprint density at radius 2 is 2.09 bits per heavy atom. The topological polar surface area (TPSA) is 106 Å². The molecule has 32 heavy (non-hydrogen) atoms. The lowest BCUT2D eigenvalue weighted by molar-refractivity contribution is -0.148. The number of aromatic nitrogens is 4. The maximum absolute atomic E-state index is 13.4. The number of nitrogens with zero attached hydrogens (tertiary/aromatic N) is 4. The van der Waals surface area contributed by atoms with E-state index in [1.54, 1.807) is 34.9 Å². The number of rotatable bonds is 5. The van der Waals surface area contributed by atoms with E-state index in [2.05, 4.69) is 20.4 Å². The number of carbonyl (C=O) groups excluding carboxylic acids is 1. The van der Waals surface area contributed by atoms with Gasteiger partial charge in [-0.15, -0.1) is 0 Å². The van der Waals surface area contributed by atoms with E-state index in [0.29, 0.717) is 22.6 Å². The number of aliphatic hydroxyl groups is 1. The van der Waals surface area contributed by atoms with Crippen LogP contribution in [0.2, 0.25) is 0 Å². The summed E-state index contributed by atoms with van der Waals surface area (Å²) in [6.07, 6.45) is 2.18. The molecule has 164 valence electrons. The van der Waals surface area contributed by atoms with Gasteiger partial charge in [-0.25, -0.2) is 13.8 Å². The Bertz CT molecular complexity index is 1320. The van der Waals surface area contributed by atoms with Gasteiger partial charge in [-0.2, -0.15) is 4.98 Å². The van der Waals surface area contributed by atoms with Crippen LogP contribution in [-0.2, 0) is 5.41 Å². The second kappa shape index (κ2) is 7.20. The fourth-order valence-corrected chi connectivity index (χ4v) is 4.01. The molecule has 0 bridgehead atoms. The molecule has 1 aliphatic carbocycles. The number of pyridine rings is 1. The van der Waals surface area contributed by atoms with Gasteiger partial charge in [0.1, 0.15) is 11.3 Å². The van der Waals surface area contributed by atoms with Crippen LogP contribution < -0.4 is 5.32 Å². The van der Waals surface area contributed by atoms with E-state index >= 15 is 0 Å². The molecule has 4 aromatic rings. The van der Waals surface area contributed by atoms with Gasteiger partial charge in [-0.1, -0.05) is 23.4 Å². The summed E-state index contributed by atoms with van der Waals surface area (Å²) < 4.78 is 33.7. The van der Waals surface area contributed by atoms with Crippen molar-refractivity contribution in [3.63, 3.8) is 0 Å². The molecule has 1 aliphatic rings. The summed E-state index contributed by atoms with van der Waals surface area (Å²) >= 11 is 0. The second-order valence-corrected chi connectivity index (χ2v) is 8.13. The number of amides is 1. The average molecular weight is 439 g/mol. The van der Waals surface area contributed by atoms with Gasteiger partial charge in [-0.3, -0.25) is 9.20 Å². The predicted octanol–water partition coefficient (Wildman–Crippen LogP) is 3.60. The van der Waals surface area contributed by atoms with Crippen LogP contribution in [0.25, 0.3) is 17.0 Å². The van der Waals surface area contributed by atoms with Crippen LogP contribution in [0.15, 0.2) is 53.3 Å². The molecular formula is C22H19F2N5O3. The predicted molar refractivity (Wildman–Crippen MR) is 111 cm³/mol. The van der Waals surface area contributed by atoms with Crippen molar-refractivity contribution in [1.29, 1.82) is 0 Å². The number of imidazole rings is 1. The minimum absolute atomic E-state index is 0.0159. The number of hydrogen-bond acceptors (Lipinski definition) is 6. The Hall–Kier alpha value is -3.66. The van der Waals surface area contributed by atoms with Gasteiger partial charge in [-0.05, 0) is 30.7 Å². The zero-order valence-corrected chi connectivity index (χ0v) is 17.0. The maximum Gasteiger partial charge on any atom is 0.274 e. The molecule has 1 aromatic carbocycles. The molecule has 1 amide bonds. The quantitative estimate of drug-likeness (QED) is 0.492. The van der Waals surface area contributed by atoms with Crippen LogP contribution in [0.1, 0.15) is 34.8 Å². The molecule has 0 unspecified atom stereocenters. The highest BCUT2D eigenvalue weighted by atomic mass is 19.3. The van der Waals surface area contributed by atoms with Gasteiger partial charge < -0.3 is 14.9 Å². The summed E-state index contributed by atoms with van der Waals surface area (Å²) in [5.41, 5.74) is 1.70. The fraction of sp³-hybridized carbons (Fsp3) is 0.273. The number of aryl methyl sites for hydroxylation is 1. The van der Waals surface area contributed by atoms with Crippen LogP contribution in [0.4, 0.5) is 14.5 Å². The SMILES string of the molecule is Cc1ccc(-c2noc(C3(CO)CC(F)(F)C3)n2)cc1NC(=O)c1cnc2ccccn12. The zero-order chi connectivity index (χ0) is 22.5. The number of carbonyl (C=O) groups is 1. The van der Waals surface area contributed by atoms with Crippen molar-refractivity contribution in [2.24, 2.45) is 0 Å². The highest BCUT2D eigenvalue weighted by Gasteiger charge is 2.60. The Morgan fingerprint density at radius 3 is 2.84 bits per heavy atom. The smallest absolute Gasteiger partial charge is 0.274 e. The Labute approximate surface area is 180 Å². The molecule has 0 atom stereocenters. The van der Waals surface area contributed by atoms with Crippen LogP contribution in [0.5, 0.6) is 0 Å². The summed E-state index contributed by atoms with van der Waals surface area (Å²) in [5.74, 6) is -3.02. The molecule has 0 saturated heterocycles. The first-order valence-corrected chi connectivity index (χ1v) is 9.98. The molecule has 0 spiro atoms. The van der Waals surface area contributed by atoms with E-state index in [4.69, 9.17) is 4.52 Å². The average Bonchev–Trinajstić information content (AvgIpc) is 3.41. The van der Waals surface area contributed by atoms with E-state index in [9.17, 15) is 18.7 Å². The molecule has 0 aliphatic heterocycles. The van der Waals surface area contributed by atoms with Crippen molar-refractivity contribution < 1.29 is 23.2 Å². The van der Waals surface area contributed by atoms with Crippen LogP contribution in [-0.4, -0.2) is 43.1 Å². The Morgan fingerprint density at radius 1 is 1.28 bits per heavy atom. The summed E-state index contributed by atoms with van der Waals surface area (Å²) in [7, 11) is 0. The molecule has 8 nitrogen and oxygen atoms in total. The molecule has 1 saturated carbocycles. The number of halogens is 2. The third-order valence-corrected chi connectivity index (χ3v) is 5.77. The van der Waals surface area contributed by atoms with Gasteiger partial charge in [0.25, 0.3) is 5.91 Å². The van der Waals surface area contributed by atoms with Gasteiger partial charge in [0.15, 0.2) is 0 Å². The molecule has 10 heteroatoms. The van der Waals surface area contributed by atoms with Gasteiger partial charge in [0.05, 0.1) is 18.2 Å². The minimum Gasteiger partial charge on any atom is -0.395 e. The van der Waals surface area contributed by atoms with Gasteiger partial charge >= 0.3 is 0 Å². The lowest BCUT2D eigenvalue weighted by Gasteiger charge is -2.43. The van der Waals surface area contributed by atoms with Crippen molar-refractivity contribution in [1.82, 2.24) is 19.5 Å². The molecule has 3 heterocycles. The summed E-state index contributed by atoms with van der Waals surface area (Å²) in [6, 6.07) is 10.7. The lowest BCUT2D eigenvalue weighted by atomic mass is 9.66. The first-order chi connectivity index (χ1) is 15.3. The van der Waals surface area contributed by atoms with Crippen molar-refractivity contribution in [3.05, 3.63) is 65.9 Å². The standard InChI is InChI=1S/C22H19F2N5O3/c1-13-5-6-14(18-27-20(32-28-18)21(12-30)10-22(23,24)11-21)8-15(13)26-19(31)16-9-25-17-4-2-3-7-29(16)17/h2-9,30H,10-12H2,1H3,(H,26,31). The zero-order valence-electron chi connectivity index (χ0n) is 17.0. The molecule has 2 N–H and O–H groups in total. The normalized spacial score (nSPS) is 16.6. The molecule has 0 radical (unpaired) electrons. The van der Waals surface area contributed by atoms with Crippen molar-refractivity contribution >= 4 is 17.2 Å². The van der Waals surface area contributed by atoms with E-state index < -0.39 is 30.8 Å². The van der Waals surface area contributed by atoms with Crippen LogP contribution in [0.3, 0.4) is 0 Å². The summed E-state index contributed by atoms with van der Waals surface area (Å²) in [6.45, 7) is 1.34. The number of nitrogens with one attached hydrogen (secondary N) is 1. The molecule has 5 rings (SSSR count). The van der Waals surface area contributed by atoms with Gasteiger partial charge in [0.2, 0.25) is 17.6 Å². The number of hydrogen-bond donors (Lipinski definition) is 2. The number of aliphatic hydroxyl groups excluding tert-OH is 1. The fourth-order valence-electron chi connectivity index (χ4n) is 4.01. The van der Waals surface area contributed by atoms with Crippen molar-refractivity contribution in [2.75, 3.05) is 11.9 Å². The first kappa shape index (κ1) is 20.3. The van der Waals surface area contributed by atoms with E-state index in [-0.39, 0.29) is 17.6 Å². The van der Waals surface area contributed by atoms with E-state index in [1.165, 1.54) is 6.20 Å². The highest BCUT2D eigenvalue weighted by molar-refractivity contribution is 6.04. The Kier molecular flexibility index (Phi) is 4.55. The third kappa shape index (κ3) is 3.32. The minimum atomic E-state index is -2.85. The van der Waals surface area contributed by atoms with Crippen molar-refractivity contribution in [2.45, 2.75) is 31.1 Å². The van der Waals surface area contributed by atoms with Gasteiger partial charge in [0, 0.05) is 30.3 Å². The molecular weight excluding hydrogens is 420 g/mol. The largest absolute Gasteiger partial charge is 0.395 e. The molecule has 3 aromatic heterocycles. The third-order valence-electron chi connectivity index (χ3n) is 5.77. The molecule has 1 fully saturated rings. The number of fused-ring (bicyclic) bond motifs is 1. The maximum atomic E-state index is 13.4. The number of benzene rings is 1. The van der Waals surface area contributed by atoms with E-state index in [0.717, 1.165) is 5.56 Å². The van der Waals surface area contributed by atoms with Crippen molar-refractivity contribution in [3.8, 4) is 11.4 Å². The lowest BCUT2D eigenvalue weighted by Crippen LogP contribution is -2.52. The van der Waals surface area contributed by atoms with E-state index in [1.807, 2.05) is 19.1 Å². The van der Waals surface area contributed by atoms with Crippen LogP contribution >= 0.6 is 0 Å². The summed E-state index contributed by atoms with van der Waals surface area (Å²) in [4.78, 5) is 21.3. The monoisotopic (exact) mass is 439 g/mol. The summed E-state index contributed by atoms with van der Waals surface area (Å²) in [5, 5.41) is 16.4. The second-order valence-electron chi connectivity index (χ2n) is 8.13. The number of alkyl halides is 2. The van der Waals surface area contributed by atoms with Crippen LogP contribution in [0, 0.1) is 6.92 Å². The first-order valence-electron chi connectivity index (χ1n) is 9.98.